The van der Waals surface area contributed by atoms with Crippen molar-refractivity contribution in [3.8, 4) is 5.75 Å². The molecule has 0 amide bonds. The summed E-state index contributed by atoms with van der Waals surface area (Å²) in [6.07, 6.45) is 1.27. The number of fused-ring (bicyclic) bond motifs is 1. The van der Waals surface area contributed by atoms with E-state index in [1.807, 2.05) is 11.8 Å². The molecular formula is C16H20FNO4. The third-order valence-corrected chi connectivity index (χ3v) is 4.58. The van der Waals surface area contributed by atoms with Crippen LogP contribution in [-0.4, -0.2) is 47.4 Å². The zero-order valence-corrected chi connectivity index (χ0v) is 12.7. The van der Waals surface area contributed by atoms with Gasteiger partial charge in [0.1, 0.15) is 17.6 Å². The maximum absolute atomic E-state index is 14.0. The number of likely N-dealkylation sites (tertiary alicyclic amines) is 1. The van der Waals surface area contributed by atoms with Crippen molar-refractivity contribution < 1.29 is 23.8 Å². The molecule has 0 saturated carbocycles. The average molecular weight is 309 g/mol. The van der Waals surface area contributed by atoms with Crippen LogP contribution in [0, 0.1) is 5.82 Å². The fourth-order valence-corrected chi connectivity index (χ4v) is 3.55. The van der Waals surface area contributed by atoms with Gasteiger partial charge in [0.2, 0.25) is 0 Å². The van der Waals surface area contributed by atoms with Gasteiger partial charge in [0, 0.05) is 24.6 Å². The van der Waals surface area contributed by atoms with E-state index in [0.29, 0.717) is 17.7 Å². The van der Waals surface area contributed by atoms with Crippen molar-refractivity contribution in [2.24, 2.45) is 0 Å². The van der Waals surface area contributed by atoms with Crippen LogP contribution in [0.15, 0.2) is 18.2 Å². The number of hydrogen-bond acceptors (Lipinski definition) is 4. The zero-order valence-electron chi connectivity index (χ0n) is 12.7. The second kappa shape index (κ2) is 5.85. The molecule has 0 spiro atoms. The summed E-state index contributed by atoms with van der Waals surface area (Å²) in [6, 6.07) is 3.93. The van der Waals surface area contributed by atoms with Crippen LogP contribution in [0.25, 0.3) is 0 Å². The number of carbonyl (C=O) groups is 1. The van der Waals surface area contributed by atoms with E-state index in [1.54, 1.807) is 12.1 Å². The molecular weight excluding hydrogens is 289 g/mol. The highest BCUT2D eigenvalue weighted by Crippen LogP contribution is 2.38. The highest BCUT2D eigenvalue weighted by atomic mass is 19.1. The third kappa shape index (κ3) is 2.68. The molecule has 0 aromatic heterocycles. The van der Waals surface area contributed by atoms with Gasteiger partial charge < -0.3 is 14.6 Å². The van der Waals surface area contributed by atoms with E-state index in [1.165, 1.54) is 13.2 Å². The maximum Gasteiger partial charge on any atom is 0.321 e. The summed E-state index contributed by atoms with van der Waals surface area (Å²) in [7, 11) is 1.52. The van der Waals surface area contributed by atoms with Gasteiger partial charge in [-0.1, -0.05) is 0 Å². The summed E-state index contributed by atoms with van der Waals surface area (Å²) >= 11 is 0. The molecule has 3 rings (SSSR count). The smallest absolute Gasteiger partial charge is 0.321 e. The van der Waals surface area contributed by atoms with Crippen molar-refractivity contribution in [1.82, 2.24) is 4.90 Å². The van der Waals surface area contributed by atoms with Crippen molar-refractivity contribution >= 4 is 5.97 Å². The van der Waals surface area contributed by atoms with Crippen molar-refractivity contribution in [1.29, 1.82) is 0 Å². The van der Waals surface area contributed by atoms with Gasteiger partial charge in [-0.05, 0) is 31.5 Å². The number of halogens is 1. The summed E-state index contributed by atoms with van der Waals surface area (Å²) in [5.74, 6) is -0.663. The number of ether oxygens (including phenoxy) is 2. The Kier molecular flexibility index (Phi) is 4.06. The molecule has 1 N–H and O–H groups in total. The largest absolute Gasteiger partial charge is 0.497 e. The lowest BCUT2D eigenvalue weighted by molar-refractivity contribution is -0.143. The van der Waals surface area contributed by atoms with Crippen LogP contribution in [0.3, 0.4) is 0 Å². The van der Waals surface area contributed by atoms with E-state index in [0.717, 1.165) is 6.42 Å². The van der Waals surface area contributed by atoms with Crippen molar-refractivity contribution in [2.75, 3.05) is 7.11 Å². The Labute approximate surface area is 128 Å². The first-order chi connectivity index (χ1) is 10.5. The van der Waals surface area contributed by atoms with E-state index in [9.17, 15) is 14.3 Å². The minimum atomic E-state index is -0.881. The number of aliphatic carboxylic acids is 1. The average Bonchev–Trinajstić information content (AvgIpc) is 2.98. The van der Waals surface area contributed by atoms with E-state index < -0.39 is 12.0 Å². The molecule has 0 bridgehead atoms. The summed E-state index contributed by atoms with van der Waals surface area (Å²) in [5.41, 5.74) is 0.450. The molecule has 6 heteroatoms. The van der Waals surface area contributed by atoms with E-state index >= 15 is 0 Å². The molecule has 2 heterocycles. The SMILES string of the molecule is COc1ccc(F)c(CN2[C@H](C(=O)O)C[C@@H]3O[C@H](C)C[C@@H]32)c1. The molecule has 22 heavy (non-hydrogen) atoms. The standard InChI is InChI=1S/C16H20FNO4/c1-9-5-13-15(22-9)7-14(16(19)20)18(13)8-10-6-11(21-2)3-4-12(10)17/h3-4,6,9,13-15H,5,7-8H2,1-2H3,(H,19,20)/t9-,13+,14+,15+/m1/s1. The second-order valence-corrected chi connectivity index (χ2v) is 6.01. The first-order valence-corrected chi connectivity index (χ1v) is 7.46. The molecule has 2 aliphatic rings. The van der Waals surface area contributed by atoms with Gasteiger partial charge in [-0.25, -0.2) is 4.39 Å². The van der Waals surface area contributed by atoms with Crippen LogP contribution in [-0.2, 0) is 16.1 Å². The van der Waals surface area contributed by atoms with Gasteiger partial charge in [-0.3, -0.25) is 9.69 Å². The molecule has 0 unspecified atom stereocenters. The van der Waals surface area contributed by atoms with E-state index in [4.69, 9.17) is 9.47 Å². The summed E-state index contributed by atoms with van der Waals surface area (Å²) in [6.45, 7) is 2.23. The Balaban J connectivity index is 1.86. The van der Waals surface area contributed by atoms with Gasteiger partial charge in [-0.15, -0.1) is 0 Å². The predicted octanol–water partition coefficient (Wildman–Crippen LogP) is 2.04. The molecule has 4 atom stereocenters. The van der Waals surface area contributed by atoms with Gasteiger partial charge in [0.15, 0.2) is 0 Å². The molecule has 0 aliphatic carbocycles. The van der Waals surface area contributed by atoms with Crippen LogP contribution in [0.1, 0.15) is 25.3 Å². The molecule has 2 aliphatic heterocycles. The monoisotopic (exact) mass is 309 g/mol. The number of nitrogens with zero attached hydrogens (tertiary/aromatic N) is 1. The lowest BCUT2D eigenvalue weighted by atomic mass is 10.1. The van der Waals surface area contributed by atoms with Crippen molar-refractivity contribution in [3.63, 3.8) is 0 Å². The van der Waals surface area contributed by atoms with Crippen molar-refractivity contribution in [3.05, 3.63) is 29.6 Å². The first-order valence-electron chi connectivity index (χ1n) is 7.46. The van der Waals surface area contributed by atoms with E-state index in [2.05, 4.69) is 0 Å². The highest BCUT2D eigenvalue weighted by Gasteiger charge is 2.49. The maximum atomic E-state index is 14.0. The van der Waals surface area contributed by atoms with Crippen molar-refractivity contribution in [2.45, 2.75) is 50.6 Å². The number of rotatable bonds is 4. The zero-order chi connectivity index (χ0) is 15.9. The Morgan fingerprint density at radius 2 is 2.27 bits per heavy atom. The van der Waals surface area contributed by atoms with Crippen LogP contribution in [0.4, 0.5) is 4.39 Å². The van der Waals surface area contributed by atoms with Crippen LogP contribution in [0.2, 0.25) is 0 Å². The lowest BCUT2D eigenvalue weighted by Crippen LogP contribution is -2.41. The Morgan fingerprint density at radius 1 is 1.50 bits per heavy atom. The van der Waals surface area contributed by atoms with Gasteiger partial charge in [0.25, 0.3) is 0 Å². The summed E-state index contributed by atoms with van der Waals surface area (Å²) in [5, 5.41) is 9.44. The fourth-order valence-electron chi connectivity index (χ4n) is 3.55. The second-order valence-electron chi connectivity index (χ2n) is 6.01. The summed E-state index contributed by atoms with van der Waals surface area (Å²) in [4.78, 5) is 13.4. The number of methoxy groups -OCH3 is 1. The van der Waals surface area contributed by atoms with Crippen LogP contribution in [0.5, 0.6) is 5.75 Å². The molecule has 0 radical (unpaired) electrons. The van der Waals surface area contributed by atoms with Crippen LogP contribution < -0.4 is 4.74 Å². The Hall–Kier alpha value is -1.66. The summed E-state index contributed by atoms with van der Waals surface area (Å²) < 4.78 is 25.0. The normalized spacial score (nSPS) is 31.2. The third-order valence-electron chi connectivity index (χ3n) is 4.58. The first kappa shape index (κ1) is 15.2. The Bertz CT molecular complexity index is 579. The molecule has 1 aromatic carbocycles. The minimum Gasteiger partial charge on any atom is -0.497 e. The van der Waals surface area contributed by atoms with Gasteiger partial charge in [-0.2, -0.15) is 0 Å². The molecule has 1 aromatic rings. The lowest BCUT2D eigenvalue weighted by Gasteiger charge is -2.27. The highest BCUT2D eigenvalue weighted by molar-refractivity contribution is 5.74. The van der Waals surface area contributed by atoms with Gasteiger partial charge in [0.05, 0.1) is 19.3 Å². The Morgan fingerprint density at radius 3 is 2.95 bits per heavy atom. The number of hydrogen-bond donors (Lipinski definition) is 1. The molecule has 2 fully saturated rings. The predicted molar refractivity (Wildman–Crippen MR) is 77.3 cm³/mol. The number of carboxylic acid groups (broad SMARTS) is 1. The van der Waals surface area contributed by atoms with Crippen LogP contribution >= 0.6 is 0 Å². The quantitative estimate of drug-likeness (QED) is 0.922. The van der Waals surface area contributed by atoms with Gasteiger partial charge >= 0.3 is 5.97 Å². The number of benzene rings is 1. The van der Waals surface area contributed by atoms with E-state index in [-0.39, 0.29) is 30.6 Å². The minimum absolute atomic E-state index is 0.0294. The molecule has 5 nitrogen and oxygen atoms in total. The topological polar surface area (TPSA) is 59.0 Å². The fraction of sp³-hybridized carbons (Fsp3) is 0.562. The molecule has 2 saturated heterocycles. The molecule has 120 valence electrons. The number of carboxylic acids is 1.